The Hall–Kier alpha value is -3.75. The normalized spacial score (nSPS) is 16.1. The summed E-state index contributed by atoms with van der Waals surface area (Å²) in [7, 11) is 0. The number of hydrogen-bond donors (Lipinski definition) is 1. The molecule has 1 fully saturated rings. The van der Waals surface area contributed by atoms with Gasteiger partial charge in [0.25, 0.3) is 17.5 Å². The van der Waals surface area contributed by atoms with Gasteiger partial charge in [-0.1, -0.05) is 18.9 Å². The molecule has 2 aromatic carbocycles. The molecule has 0 aromatic heterocycles. The highest BCUT2D eigenvalue weighted by Gasteiger charge is 2.41. The predicted molar refractivity (Wildman–Crippen MR) is 114 cm³/mol. The zero-order valence-electron chi connectivity index (χ0n) is 16.9. The Bertz CT molecular complexity index is 1040. The van der Waals surface area contributed by atoms with Gasteiger partial charge in [-0.15, -0.1) is 0 Å². The first-order valence-corrected chi connectivity index (χ1v) is 10.2. The van der Waals surface area contributed by atoms with Crippen LogP contribution in [0.1, 0.15) is 46.4 Å². The largest absolute Gasteiger partial charge is 0.372 e. The minimum atomic E-state index is -0.834. The highest BCUT2D eigenvalue weighted by molar-refractivity contribution is 6.24. The Kier molecular flexibility index (Phi) is 5.66. The molecular weight excluding hydrogens is 400 g/mol. The van der Waals surface area contributed by atoms with E-state index >= 15 is 0 Å². The summed E-state index contributed by atoms with van der Waals surface area (Å²) in [6.45, 7) is 1.51. The summed E-state index contributed by atoms with van der Waals surface area (Å²) in [5.74, 6) is -2.10. The number of nitro groups is 1. The number of benzene rings is 2. The molecule has 0 aliphatic carbocycles. The lowest BCUT2D eigenvalue weighted by atomic mass is 10.1. The number of anilines is 2. The minimum absolute atomic E-state index is 0.0613. The van der Waals surface area contributed by atoms with Gasteiger partial charge in [0.2, 0.25) is 5.91 Å². The molecule has 9 heteroatoms. The lowest BCUT2D eigenvalue weighted by molar-refractivity contribution is -0.385. The number of imide groups is 1. The van der Waals surface area contributed by atoms with Crippen molar-refractivity contribution in [3.8, 4) is 0 Å². The van der Waals surface area contributed by atoms with Gasteiger partial charge in [-0.25, -0.2) is 0 Å². The third-order valence-electron chi connectivity index (χ3n) is 5.60. The molecule has 0 atom stereocenters. The third kappa shape index (κ3) is 4.11. The molecule has 2 aromatic rings. The van der Waals surface area contributed by atoms with Crippen molar-refractivity contribution < 1.29 is 19.3 Å². The van der Waals surface area contributed by atoms with E-state index in [4.69, 9.17) is 0 Å². The maximum Gasteiger partial charge on any atom is 0.282 e. The lowest BCUT2D eigenvalue weighted by Crippen LogP contribution is -2.37. The molecule has 0 bridgehead atoms. The molecule has 1 N–H and O–H groups in total. The molecule has 0 unspecified atom stereocenters. The van der Waals surface area contributed by atoms with Gasteiger partial charge in [-0.3, -0.25) is 29.4 Å². The van der Waals surface area contributed by atoms with Crippen LogP contribution in [0.3, 0.4) is 0 Å². The van der Waals surface area contributed by atoms with Crippen LogP contribution in [0.2, 0.25) is 0 Å². The maximum atomic E-state index is 12.6. The highest BCUT2D eigenvalue weighted by Crippen LogP contribution is 2.30. The van der Waals surface area contributed by atoms with E-state index in [1.807, 2.05) is 12.1 Å². The summed E-state index contributed by atoms with van der Waals surface area (Å²) in [6.07, 6.45) is 4.81. The monoisotopic (exact) mass is 422 g/mol. The molecule has 0 radical (unpaired) electrons. The Morgan fingerprint density at radius 1 is 0.968 bits per heavy atom. The van der Waals surface area contributed by atoms with Crippen LogP contribution in [-0.2, 0) is 4.79 Å². The first-order chi connectivity index (χ1) is 15.0. The summed E-state index contributed by atoms with van der Waals surface area (Å²) < 4.78 is 0. The molecule has 4 rings (SSSR count). The molecule has 1 saturated heterocycles. The smallest absolute Gasteiger partial charge is 0.282 e. The van der Waals surface area contributed by atoms with Crippen LogP contribution in [0.5, 0.6) is 0 Å². The Morgan fingerprint density at radius 2 is 1.65 bits per heavy atom. The van der Waals surface area contributed by atoms with Gasteiger partial charge >= 0.3 is 0 Å². The predicted octanol–water partition coefficient (Wildman–Crippen LogP) is 3.21. The summed E-state index contributed by atoms with van der Waals surface area (Å²) in [4.78, 5) is 51.1. The van der Waals surface area contributed by atoms with Crippen LogP contribution in [-0.4, -0.2) is 47.2 Å². The summed E-state index contributed by atoms with van der Waals surface area (Å²) in [6, 6.07) is 11.3. The van der Waals surface area contributed by atoms with Gasteiger partial charge in [-0.05, 0) is 43.2 Å². The molecule has 2 aliphatic rings. The molecule has 3 amide bonds. The minimum Gasteiger partial charge on any atom is -0.372 e. The number of rotatable bonds is 5. The second-order valence-electron chi connectivity index (χ2n) is 7.65. The third-order valence-corrected chi connectivity index (χ3v) is 5.60. The molecule has 31 heavy (non-hydrogen) atoms. The average molecular weight is 422 g/mol. The topological polar surface area (TPSA) is 113 Å². The number of carbonyl (C=O) groups is 3. The van der Waals surface area contributed by atoms with E-state index in [2.05, 4.69) is 10.2 Å². The fourth-order valence-electron chi connectivity index (χ4n) is 4.04. The van der Waals surface area contributed by atoms with E-state index in [1.54, 1.807) is 12.1 Å². The molecule has 0 saturated carbocycles. The van der Waals surface area contributed by atoms with Crippen LogP contribution < -0.4 is 10.2 Å². The Morgan fingerprint density at radius 3 is 2.29 bits per heavy atom. The second-order valence-corrected chi connectivity index (χ2v) is 7.65. The summed E-state index contributed by atoms with van der Waals surface area (Å²) in [5, 5.41) is 13.9. The summed E-state index contributed by atoms with van der Waals surface area (Å²) in [5.41, 5.74) is 0.863. The molecule has 2 aliphatic heterocycles. The zero-order valence-corrected chi connectivity index (χ0v) is 16.9. The number of amides is 3. The van der Waals surface area contributed by atoms with Crippen molar-refractivity contribution in [2.45, 2.75) is 25.7 Å². The van der Waals surface area contributed by atoms with Gasteiger partial charge in [0, 0.05) is 30.5 Å². The molecule has 2 heterocycles. The van der Waals surface area contributed by atoms with Crippen molar-refractivity contribution in [2.24, 2.45) is 0 Å². The van der Waals surface area contributed by atoms with Gasteiger partial charge < -0.3 is 10.2 Å². The second kappa shape index (κ2) is 8.55. The fraction of sp³-hybridized carbons (Fsp3) is 0.318. The van der Waals surface area contributed by atoms with E-state index in [-0.39, 0.29) is 11.1 Å². The Balaban J connectivity index is 1.42. The maximum absolute atomic E-state index is 12.6. The first kappa shape index (κ1) is 20.5. The fourth-order valence-corrected chi connectivity index (χ4v) is 4.04. The first-order valence-electron chi connectivity index (χ1n) is 10.2. The molecule has 0 spiro atoms. The van der Waals surface area contributed by atoms with E-state index in [0.29, 0.717) is 5.69 Å². The van der Waals surface area contributed by atoms with Gasteiger partial charge in [0.15, 0.2) is 0 Å². The number of carbonyl (C=O) groups excluding carboxylic acids is 3. The van der Waals surface area contributed by atoms with Gasteiger partial charge in [0.05, 0.1) is 10.5 Å². The van der Waals surface area contributed by atoms with Crippen molar-refractivity contribution in [1.29, 1.82) is 0 Å². The van der Waals surface area contributed by atoms with E-state index in [1.165, 1.54) is 31.0 Å². The molecule has 160 valence electrons. The number of nitrogens with one attached hydrogen (secondary N) is 1. The SMILES string of the molecule is O=C(CN1C(=O)c2cccc([N+](=O)[O-])c2C1=O)Nc1ccc(N2CCCCCC2)cc1. The number of hydrogen-bond acceptors (Lipinski definition) is 6. The molecular formula is C22H22N4O5. The van der Waals surface area contributed by atoms with Crippen molar-refractivity contribution >= 4 is 34.8 Å². The van der Waals surface area contributed by atoms with Crippen LogP contribution in [0.4, 0.5) is 17.1 Å². The van der Waals surface area contributed by atoms with Crippen LogP contribution in [0.15, 0.2) is 42.5 Å². The highest BCUT2D eigenvalue weighted by atomic mass is 16.6. The van der Waals surface area contributed by atoms with Gasteiger partial charge in [-0.2, -0.15) is 0 Å². The van der Waals surface area contributed by atoms with Crippen LogP contribution >= 0.6 is 0 Å². The van der Waals surface area contributed by atoms with E-state index < -0.39 is 34.9 Å². The Labute approximate surface area is 178 Å². The van der Waals surface area contributed by atoms with Crippen molar-refractivity contribution in [3.05, 3.63) is 63.7 Å². The van der Waals surface area contributed by atoms with Crippen molar-refractivity contribution in [3.63, 3.8) is 0 Å². The van der Waals surface area contributed by atoms with Crippen molar-refractivity contribution in [1.82, 2.24) is 4.90 Å². The van der Waals surface area contributed by atoms with E-state index in [9.17, 15) is 24.5 Å². The molecule has 9 nitrogen and oxygen atoms in total. The van der Waals surface area contributed by atoms with Crippen molar-refractivity contribution in [2.75, 3.05) is 29.9 Å². The average Bonchev–Trinajstić information content (AvgIpc) is 2.96. The van der Waals surface area contributed by atoms with Crippen LogP contribution in [0, 0.1) is 10.1 Å². The summed E-state index contributed by atoms with van der Waals surface area (Å²) >= 11 is 0. The van der Waals surface area contributed by atoms with Crippen LogP contribution in [0.25, 0.3) is 0 Å². The van der Waals surface area contributed by atoms with E-state index in [0.717, 1.165) is 36.5 Å². The number of fused-ring (bicyclic) bond motifs is 1. The number of nitrogens with zero attached hydrogens (tertiary/aromatic N) is 3. The number of nitro benzene ring substituents is 1. The lowest BCUT2D eigenvalue weighted by Gasteiger charge is -2.23. The quantitative estimate of drug-likeness (QED) is 0.450. The van der Waals surface area contributed by atoms with Gasteiger partial charge in [0.1, 0.15) is 12.1 Å². The zero-order chi connectivity index (χ0) is 22.0. The standard InChI is InChI=1S/C22H22N4O5/c27-19(23-15-8-10-16(11-9-15)24-12-3-1-2-4-13-24)14-25-21(28)17-6-5-7-18(26(30)31)20(17)22(25)29/h5-11H,1-4,12-14H2,(H,23,27).